The summed E-state index contributed by atoms with van der Waals surface area (Å²) < 4.78 is 5.18. The normalized spacial score (nSPS) is 14.6. The van der Waals surface area contributed by atoms with Crippen molar-refractivity contribution in [1.82, 2.24) is 0 Å². The molecule has 0 aliphatic carbocycles. The zero-order valence-electron chi connectivity index (χ0n) is 12.1. The van der Waals surface area contributed by atoms with Crippen molar-refractivity contribution in [2.45, 2.75) is 0 Å². The number of aliphatic hydroxyl groups is 1. The van der Waals surface area contributed by atoms with E-state index in [0.29, 0.717) is 16.3 Å². The predicted molar refractivity (Wildman–Crippen MR) is 86.5 cm³/mol. The summed E-state index contributed by atoms with van der Waals surface area (Å²) in [5.74, 6) is -1.63. The maximum absolute atomic E-state index is 12.7. The molecule has 23 heavy (non-hydrogen) atoms. The van der Waals surface area contributed by atoms with Crippen LogP contribution < -0.4 is 9.64 Å². The molecule has 0 spiro atoms. The van der Waals surface area contributed by atoms with E-state index in [0.717, 1.165) is 4.90 Å². The molecule has 5 nitrogen and oxygen atoms in total. The van der Waals surface area contributed by atoms with Crippen molar-refractivity contribution in [2.75, 3.05) is 12.0 Å². The Bertz CT molecular complexity index is 827. The number of anilines is 1. The van der Waals surface area contributed by atoms with Gasteiger partial charge in [-0.2, -0.15) is 0 Å². The van der Waals surface area contributed by atoms with E-state index in [1.54, 1.807) is 48.5 Å². The van der Waals surface area contributed by atoms with Crippen molar-refractivity contribution in [2.24, 2.45) is 0 Å². The van der Waals surface area contributed by atoms with E-state index < -0.39 is 17.6 Å². The molecule has 2 amide bonds. The van der Waals surface area contributed by atoms with E-state index in [4.69, 9.17) is 16.3 Å². The third-order valence-electron chi connectivity index (χ3n) is 3.52. The van der Waals surface area contributed by atoms with Crippen LogP contribution in [0.15, 0.2) is 54.3 Å². The van der Waals surface area contributed by atoms with Crippen LogP contribution in [-0.2, 0) is 9.59 Å². The van der Waals surface area contributed by atoms with Gasteiger partial charge in [0.15, 0.2) is 5.76 Å². The van der Waals surface area contributed by atoms with Gasteiger partial charge in [0.25, 0.3) is 5.91 Å². The molecule has 6 heteroatoms. The van der Waals surface area contributed by atoms with E-state index in [-0.39, 0.29) is 11.3 Å². The van der Waals surface area contributed by atoms with Gasteiger partial charge in [-0.1, -0.05) is 35.9 Å². The molecular weight excluding hydrogens is 318 g/mol. The Kier molecular flexibility index (Phi) is 3.80. The minimum atomic E-state index is -0.788. The first-order valence-corrected chi connectivity index (χ1v) is 7.13. The number of halogens is 1. The maximum atomic E-state index is 12.7. The molecule has 0 atom stereocenters. The van der Waals surface area contributed by atoms with Crippen LogP contribution in [0.4, 0.5) is 5.69 Å². The van der Waals surface area contributed by atoms with Crippen molar-refractivity contribution in [1.29, 1.82) is 0 Å². The summed E-state index contributed by atoms with van der Waals surface area (Å²) in [6, 6.07) is 12.9. The number of carbonyl (C=O) groups is 2. The SMILES string of the molecule is COc1ccccc1N1C(=O)C(O)=C(c2ccc(Cl)cc2)C1=O. The summed E-state index contributed by atoms with van der Waals surface area (Å²) in [7, 11) is 1.44. The van der Waals surface area contributed by atoms with Crippen LogP contribution >= 0.6 is 11.6 Å². The number of hydrogen-bond donors (Lipinski definition) is 1. The van der Waals surface area contributed by atoms with Crippen molar-refractivity contribution in [3.63, 3.8) is 0 Å². The number of aliphatic hydroxyl groups excluding tert-OH is 1. The third kappa shape index (κ3) is 2.45. The summed E-state index contributed by atoms with van der Waals surface area (Å²) in [4.78, 5) is 25.9. The maximum Gasteiger partial charge on any atom is 0.301 e. The zero-order chi connectivity index (χ0) is 16.6. The Morgan fingerprint density at radius 2 is 1.65 bits per heavy atom. The summed E-state index contributed by atoms with van der Waals surface area (Å²) in [6.07, 6.45) is 0. The lowest BCUT2D eigenvalue weighted by molar-refractivity contribution is -0.121. The van der Waals surface area contributed by atoms with Crippen LogP contribution in [0.1, 0.15) is 5.56 Å². The smallest absolute Gasteiger partial charge is 0.301 e. The largest absolute Gasteiger partial charge is 0.502 e. The lowest BCUT2D eigenvalue weighted by atomic mass is 10.1. The van der Waals surface area contributed by atoms with Crippen LogP contribution in [0.25, 0.3) is 5.57 Å². The number of carbonyl (C=O) groups excluding carboxylic acids is 2. The molecule has 2 aromatic rings. The van der Waals surface area contributed by atoms with E-state index in [2.05, 4.69) is 0 Å². The molecule has 116 valence electrons. The van der Waals surface area contributed by atoms with E-state index in [1.165, 1.54) is 7.11 Å². The van der Waals surface area contributed by atoms with Crippen LogP contribution in [0.2, 0.25) is 5.02 Å². The Labute approximate surface area is 137 Å². The second-order valence-corrected chi connectivity index (χ2v) is 5.28. The topological polar surface area (TPSA) is 66.8 Å². The fourth-order valence-electron chi connectivity index (χ4n) is 2.43. The molecule has 1 aliphatic heterocycles. The molecule has 0 unspecified atom stereocenters. The highest BCUT2D eigenvalue weighted by atomic mass is 35.5. The second-order valence-electron chi connectivity index (χ2n) is 4.85. The highest BCUT2D eigenvalue weighted by molar-refractivity contribution is 6.45. The Balaban J connectivity index is 2.07. The molecule has 3 rings (SSSR count). The number of nitrogens with zero attached hydrogens (tertiary/aromatic N) is 1. The summed E-state index contributed by atoms with van der Waals surface area (Å²) in [6.45, 7) is 0. The molecular formula is C17H12ClNO4. The second kappa shape index (κ2) is 5.78. The highest BCUT2D eigenvalue weighted by Crippen LogP contribution is 2.36. The van der Waals surface area contributed by atoms with Crippen molar-refractivity contribution in [3.8, 4) is 5.75 Å². The molecule has 0 fully saturated rings. The molecule has 1 heterocycles. The number of para-hydroxylation sites is 2. The Morgan fingerprint density at radius 1 is 1.00 bits per heavy atom. The van der Waals surface area contributed by atoms with E-state index in [1.807, 2.05) is 0 Å². The van der Waals surface area contributed by atoms with Crippen molar-refractivity contribution < 1.29 is 19.4 Å². The first-order valence-electron chi connectivity index (χ1n) is 6.75. The van der Waals surface area contributed by atoms with Gasteiger partial charge in [0.2, 0.25) is 0 Å². The van der Waals surface area contributed by atoms with E-state index in [9.17, 15) is 14.7 Å². The lowest BCUT2D eigenvalue weighted by Gasteiger charge is -2.17. The summed E-state index contributed by atoms with van der Waals surface area (Å²) in [5.41, 5.74) is 0.640. The number of benzene rings is 2. The molecule has 2 aromatic carbocycles. The van der Waals surface area contributed by atoms with Gasteiger partial charge in [-0.3, -0.25) is 9.59 Å². The Morgan fingerprint density at radius 3 is 2.30 bits per heavy atom. The molecule has 0 saturated carbocycles. The van der Waals surface area contributed by atoms with Gasteiger partial charge < -0.3 is 9.84 Å². The standard InChI is InChI=1S/C17H12ClNO4/c1-23-13-5-3-2-4-12(13)19-16(21)14(15(20)17(19)22)10-6-8-11(18)9-7-10/h2-9,20H,1H3. The van der Waals surface area contributed by atoms with Gasteiger partial charge in [-0.05, 0) is 29.8 Å². The van der Waals surface area contributed by atoms with Crippen LogP contribution in [-0.4, -0.2) is 24.0 Å². The quantitative estimate of drug-likeness (QED) is 0.878. The van der Waals surface area contributed by atoms with Gasteiger partial charge in [-0.25, -0.2) is 4.90 Å². The highest BCUT2D eigenvalue weighted by Gasteiger charge is 2.41. The fourth-order valence-corrected chi connectivity index (χ4v) is 2.55. The number of amides is 2. The van der Waals surface area contributed by atoms with E-state index >= 15 is 0 Å². The number of hydrogen-bond acceptors (Lipinski definition) is 4. The van der Waals surface area contributed by atoms with Gasteiger partial charge in [-0.15, -0.1) is 0 Å². The van der Waals surface area contributed by atoms with Gasteiger partial charge in [0.1, 0.15) is 5.75 Å². The molecule has 0 saturated heterocycles. The number of ether oxygens (including phenoxy) is 1. The summed E-state index contributed by atoms with van der Waals surface area (Å²) >= 11 is 5.83. The van der Waals surface area contributed by atoms with Crippen molar-refractivity contribution in [3.05, 3.63) is 64.9 Å². The lowest BCUT2D eigenvalue weighted by Crippen LogP contribution is -2.31. The molecule has 0 radical (unpaired) electrons. The predicted octanol–water partition coefficient (Wildman–Crippen LogP) is 3.19. The zero-order valence-corrected chi connectivity index (χ0v) is 12.9. The number of rotatable bonds is 3. The number of imide groups is 1. The Hall–Kier alpha value is -2.79. The monoisotopic (exact) mass is 329 g/mol. The van der Waals surface area contributed by atoms with Crippen molar-refractivity contribution >= 4 is 34.7 Å². The summed E-state index contributed by atoms with van der Waals surface area (Å²) in [5, 5.41) is 10.6. The molecule has 1 N–H and O–H groups in total. The minimum Gasteiger partial charge on any atom is -0.502 e. The third-order valence-corrected chi connectivity index (χ3v) is 3.77. The molecule has 0 aromatic heterocycles. The van der Waals surface area contributed by atoms with Gasteiger partial charge >= 0.3 is 5.91 Å². The number of methoxy groups -OCH3 is 1. The average Bonchev–Trinajstić information content (AvgIpc) is 2.78. The fraction of sp³-hybridized carbons (Fsp3) is 0.0588. The van der Waals surface area contributed by atoms with Crippen LogP contribution in [0.5, 0.6) is 5.75 Å². The van der Waals surface area contributed by atoms with Crippen LogP contribution in [0, 0.1) is 0 Å². The first-order chi connectivity index (χ1) is 11.0. The van der Waals surface area contributed by atoms with Crippen LogP contribution in [0.3, 0.4) is 0 Å². The average molecular weight is 330 g/mol. The first kappa shape index (κ1) is 15.1. The van der Waals surface area contributed by atoms with Gasteiger partial charge in [0.05, 0.1) is 18.4 Å². The molecule has 0 bridgehead atoms. The minimum absolute atomic E-state index is 0.0578. The van der Waals surface area contributed by atoms with Gasteiger partial charge in [0, 0.05) is 5.02 Å². The molecule has 1 aliphatic rings.